The van der Waals surface area contributed by atoms with Gasteiger partial charge in [0, 0.05) is 44.4 Å². The molecule has 3 aliphatic rings. The number of rotatable bonds is 10. The van der Waals surface area contributed by atoms with Crippen molar-refractivity contribution < 1.29 is 33.3 Å². The molecule has 3 N–H and O–H groups in total. The summed E-state index contributed by atoms with van der Waals surface area (Å²) in [7, 11) is 0. The number of ether oxygens (including phenoxy) is 1. The minimum atomic E-state index is -3.12. The summed E-state index contributed by atoms with van der Waals surface area (Å²) in [6.45, 7) is 21.5. The average Bonchev–Trinajstić information content (AvgIpc) is 3.41. The van der Waals surface area contributed by atoms with E-state index in [-0.39, 0.29) is 58.9 Å². The number of nitrogens with zero attached hydrogens (tertiary/aromatic N) is 7. The highest BCUT2D eigenvalue weighted by atomic mass is 35.5. The number of aryl methyl sites for hydroxylation is 1. The number of hydrazone groups is 1. The first-order chi connectivity index (χ1) is 26.2. The van der Waals surface area contributed by atoms with E-state index in [1.165, 1.54) is 23.5 Å². The molecule has 1 aromatic heterocycles. The van der Waals surface area contributed by atoms with E-state index in [0.717, 1.165) is 29.7 Å². The number of amides is 2. The summed E-state index contributed by atoms with van der Waals surface area (Å²) in [6, 6.07) is 3.64. The lowest BCUT2D eigenvalue weighted by atomic mass is 9.94. The molecule has 56 heavy (non-hydrogen) atoms. The van der Waals surface area contributed by atoms with E-state index >= 15 is 0 Å². The fourth-order valence-electron chi connectivity index (χ4n) is 6.72. The van der Waals surface area contributed by atoms with Crippen LogP contribution in [0.5, 0.6) is 5.75 Å². The molecular formula is C40H49ClF2N8O5. The number of benzene rings is 1. The number of piperazine rings is 1. The molecule has 0 saturated carbocycles. The second-order valence-electron chi connectivity index (χ2n) is 14.5. The highest BCUT2D eigenvalue weighted by Crippen LogP contribution is 2.37. The maximum Gasteiger partial charge on any atom is 0.276 e. The normalized spacial score (nSPS) is 20.4. The zero-order valence-corrected chi connectivity index (χ0v) is 33.5. The predicted octanol–water partition coefficient (Wildman–Crippen LogP) is 6.29. The Morgan fingerprint density at radius 1 is 1.18 bits per heavy atom. The zero-order valence-electron chi connectivity index (χ0n) is 32.8. The Hall–Kier alpha value is -5.12. The highest BCUT2D eigenvalue weighted by molar-refractivity contribution is 6.33. The van der Waals surface area contributed by atoms with Crippen molar-refractivity contribution in [2.24, 2.45) is 5.10 Å². The lowest BCUT2D eigenvalue weighted by Crippen LogP contribution is -2.55. The van der Waals surface area contributed by atoms with E-state index in [1.54, 1.807) is 23.6 Å². The summed E-state index contributed by atoms with van der Waals surface area (Å²) < 4.78 is 33.7. The zero-order chi connectivity index (χ0) is 41.3. The summed E-state index contributed by atoms with van der Waals surface area (Å²) >= 11 is 6.32. The number of halogens is 3. The molecular weight excluding hydrogens is 746 g/mol. The molecule has 2 fully saturated rings. The van der Waals surface area contributed by atoms with Gasteiger partial charge in [0.05, 0.1) is 40.0 Å². The van der Waals surface area contributed by atoms with Gasteiger partial charge >= 0.3 is 0 Å². The van der Waals surface area contributed by atoms with Crippen molar-refractivity contribution in [1.29, 1.82) is 0 Å². The molecule has 2 amide bonds. The number of allylic oxidation sites excluding steroid dienone is 4. The first-order valence-corrected chi connectivity index (χ1v) is 18.6. The van der Waals surface area contributed by atoms with Crippen LogP contribution in [0.2, 0.25) is 5.02 Å². The van der Waals surface area contributed by atoms with Crippen LogP contribution in [0.4, 0.5) is 14.5 Å². The van der Waals surface area contributed by atoms with Crippen LogP contribution in [0.1, 0.15) is 69.7 Å². The van der Waals surface area contributed by atoms with E-state index in [9.17, 15) is 28.6 Å². The Bertz CT molecular complexity index is 2050. The molecule has 0 spiro atoms. The van der Waals surface area contributed by atoms with Gasteiger partial charge in [-0.1, -0.05) is 49.9 Å². The molecule has 16 heteroatoms. The number of carbonyl (C=O) groups excluding carboxylic acids is 2. The van der Waals surface area contributed by atoms with Crippen LogP contribution in [0.15, 0.2) is 88.9 Å². The van der Waals surface area contributed by atoms with E-state index in [4.69, 9.17) is 21.4 Å². The molecule has 2 aromatic rings. The Morgan fingerprint density at radius 3 is 2.45 bits per heavy atom. The monoisotopic (exact) mass is 794 g/mol. The van der Waals surface area contributed by atoms with Gasteiger partial charge in [0.15, 0.2) is 17.7 Å². The molecule has 0 bridgehead atoms. The van der Waals surface area contributed by atoms with Gasteiger partial charge in [0.1, 0.15) is 18.7 Å². The fourth-order valence-corrected chi connectivity index (χ4v) is 6.95. The second-order valence-corrected chi connectivity index (χ2v) is 14.9. The molecule has 0 aliphatic carbocycles. The minimum absolute atomic E-state index is 0.0507. The summed E-state index contributed by atoms with van der Waals surface area (Å²) in [5.41, 5.74) is 3.81. The summed E-state index contributed by atoms with van der Waals surface area (Å²) in [4.78, 5) is 40.1. The number of anilines is 1. The predicted molar refractivity (Wildman–Crippen MR) is 211 cm³/mol. The van der Waals surface area contributed by atoms with Gasteiger partial charge in [-0.2, -0.15) is 5.10 Å². The lowest BCUT2D eigenvalue weighted by Gasteiger charge is -2.47. The number of aromatic nitrogens is 2. The first-order valence-electron chi connectivity index (χ1n) is 18.2. The second kappa shape index (κ2) is 16.5. The van der Waals surface area contributed by atoms with Gasteiger partial charge in [-0.15, -0.1) is 0 Å². The number of aliphatic hydroxyl groups is 1. The van der Waals surface area contributed by atoms with Crippen molar-refractivity contribution in [3.63, 3.8) is 0 Å². The van der Waals surface area contributed by atoms with Crippen LogP contribution in [-0.2, 0) is 15.5 Å². The smallest absolute Gasteiger partial charge is 0.276 e. The van der Waals surface area contributed by atoms with E-state index in [1.807, 2.05) is 44.7 Å². The largest absolute Gasteiger partial charge is 0.504 e. The number of nitrogens with one attached hydrogen (secondary N) is 1. The fraction of sp³-hybridized carbons (Fsp3) is 0.425. The Balaban J connectivity index is 1.47. The molecule has 13 nitrogen and oxygen atoms in total. The van der Waals surface area contributed by atoms with Crippen LogP contribution in [0.3, 0.4) is 0 Å². The quantitative estimate of drug-likeness (QED) is 0.235. The first kappa shape index (κ1) is 42.0. The van der Waals surface area contributed by atoms with E-state index < -0.39 is 29.6 Å². The Kier molecular flexibility index (Phi) is 12.4. The maximum atomic E-state index is 13.9. The van der Waals surface area contributed by atoms with Crippen molar-refractivity contribution in [2.45, 2.75) is 72.6 Å². The summed E-state index contributed by atoms with van der Waals surface area (Å²) in [5.74, 6) is -4.15. The van der Waals surface area contributed by atoms with Crippen LogP contribution >= 0.6 is 11.6 Å². The molecule has 300 valence electrons. The number of aliphatic hydroxyl groups excluding tert-OH is 1. The van der Waals surface area contributed by atoms with Crippen molar-refractivity contribution >= 4 is 34.8 Å². The third kappa shape index (κ3) is 8.79. The molecule has 1 aromatic carbocycles. The third-order valence-corrected chi connectivity index (χ3v) is 10.5. The van der Waals surface area contributed by atoms with Crippen molar-refractivity contribution in [1.82, 2.24) is 29.7 Å². The number of alkyl halides is 2. The van der Waals surface area contributed by atoms with Crippen molar-refractivity contribution in [3.8, 4) is 5.75 Å². The van der Waals surface area contributed by atoms with Gasteiger partial charge in [-0.25, -0.2) is 23.8 Å². The molecule has 1 atom stereocenters. The minimum Gasteiger partial charge on any atom is -0.504 e. The topological polar surface area (TPSA) is 147 Å². The Labute approximate surface area is 331 Å². The van der Waals surface area contributed by atoms with Crippen LogP contribution in [0, 0.1) is 6.92 Å². The molecule has 0 radical (unpaired) electrons. The van der Waals surface area contributed by atoms with Crippen molar-refractivity contribution in [2.75, 3.05) is 44.6 Å². The number of aromatic hydroxyl groups is 1. The molecule has 1 unspecified atom stereocenters. The van der Waals surface area contributed by atoms with E-state index in [2.05, 4.69) is 28.4 Å². The Morgan fingerprint density at radius 2 is 1.86 bits per heavy atom. The number of hydrogen-bond acceptors (Lipinski definition) is 11. The molecule has 2 saturated heterocycles. The third-order valence-electron chi connectivity index (χ3n) is 10.1. The maximum absolute atomic E-state index is 13.9. The van der Waals surface area contributed by atoms with Gasteiger partial charge in [-0.05, 0) is 69.9 Å². The molecule has 4 heterocycles. The number of carbonyl (C=O) groups is 2. The van der Waals surface area contributed by atoms with Gasteiger partial charge in [-0.3, -0.25) is 9.59 Å². The molecule has 5 rings (SSSR count). The van der Waals surface area contributed by atoms with Gasteiger partial charge in [0.2, 0.25) is 5.91 Å². The number of hydrogen-bond donors (Lipinski definition) is 3. The average molecular weight is 795 g/mol. The molecule has 3 aliphatic heterocycles. The highest BCUT2D eigenvalue weighted by Gasteiger charge is 2.40. The van der Waals surface area contributed by atoms with E-state index in [0.29, 0.717) is 43.2 Å². The van der Waals surface area contributed by atoms with Crippen LogP contribution in [-0.4, -0.2) is 109 Å². The van der Waals surface area contributed by atoms with Crippen molar-refractivity contribution in [3.05, 3.63) is 106 Å². The standard InChI is InChI=1S/C40H49ClF2N8O5/c1-10-32-35(48-15-17-49(18-16-48)37(54)34-36(53)26(5)44-22-45-34)38(55)51(47-25(4)23(2)11-13-29-24(3)21-56-39(29,7)8)27(6)50(32)20-33(52)46-31-14-12-28(19-30(31)41)40(9,42)43/h11-14,19,22,38,53,55H,3,6,10,15-18,20-21H2,1-2,4-5,7-9H3,(H,46,52)/b23-11+,29-13+,47-25+. The van der Waals surface area contributed by atoms with Crippen LogP contribution in [0.25, 0.3) is 0 Å². The van der Waals surface area contributed by atoms with Gasteiger partial charge in [0.25, 0.3) is 11.8 Å². The summed E-state index contributed by atoms with van der Waals surface area (Å²) in [5, 5.41) is 31.4. The SMILES string of the molecule is C=C1COC(C)(C)/C1=C/C=C(C)/C(C)=N/N1C(=C)N(CC(=O)Nc2ccc(C(C)(F)F)cc2Cl)C(CC)=C(N2CCN(C(=O)c3ncnc(C)c3O)CC2)C1O. The van der Waals surface area contributed by atoms with Gasteiger partial charge < -0.3 is 35.0 Å². The lowest BCUT2D eigenvalue weighted by molar-refractivity contribution is -0.117. The van der Waals surface area contributed by atoms with Crippen LogP contribution < -0.4 is 5.32 Å². The summed E-state index contributed by atoms with van der Waals surface area (Å²) in [6.07, 6.45) is 4.13.